The van der Waals surface area contributed by atoms with E-state index in [2.05, 4.69) is 15.5 Å². The number of rotatable bonds is 4. The highest BCUT2D eigenvalue weighted by atomic mass is 16.5. The highest BCUT2D eigenvalue weighted by Crippen LogP contribution is 2.30. The van der Waals surface area contributed by atoms with Crippen LogP contribution >= 0.6 is 0 Å². The van der Waals surface area contributed by atoms with Crippen LogP contribution in [-0.2, 0) is 11.3 Å². The summed E-state index contributed by atoms with van der Waals surface area (Å²) in [6.45, 7) is 5.07. The van der Waals surface area contributed by atoms with Gasteiger partial charge in [0.1, 0.15) is 0 Å². The van der Waals surface area contributed by atoms with Gasteiger partial charge in [-0.25, -0.2) is 0 Å². The normalized spacial score (nSPS) is 14.8. The molecular formula is C15H18N4O2. The zero-order valence-electron chi connectivity index (χ0n) is 12.2. The Kier molecular flexibility index (Phi) is 3.60. The molecule has 3 rings (SSSR count). The van der Waals surface area contributed by atoms with Gasteiger partial charge in [0.05, 0.1) is 6.54 Å². The highest BCUT2D eigenvalue weighted by Gasteiger charge is 2.23. The van der Waals surface area contributed by atoms with Crippen molar-refractivity contribution in [2.24, 2.45) is 0 Å². The van der Waals surface area contributed by atoms with E-state index in [1.54, 1.807) is 6.92 Å². The second-order valence-electron chi connectivity index (χ2n) is 5.19. The Balaban J connectivity index is 1.78. The van der Waals surface area contributed by atoms with Gasteiger partial charge < -0.3 is 14.7 Å². The molecule has 1 N–H and O–H groups in total. The second-order valence-corrected chi connectivity index (χ2v) is 5.19. The van der Waals surface area contributed by atoms with Crippen molar-refractivity contribution in [3.63, 3.8) is 0 Å². The zero-order chi connectivity index (χ0) is 14.8. The standard InChI is InChI=1S/C15H18N4O2/c1-10-12(16-9-14-17-11(2)18-21-14)5-3-6-13(10)19-8-4-7-15(19)20/h3,5-6,16H,4,7-9H2,1-2H3. The zero-order valence-corrected chi connectivity index (χ0v) is 12.2. The van der Waals surface area contributed by atoms with Crippen molar-refractivity contribution in [1.29, 1.82) is 0 Å². The molecule has 0 atom stereocenters. The quantitative estimate of drug-likeness (QED) is 0.934. The molecule has 0 aliphatic carbocycles. The van der Waals surface area contributed by atoms with Gasteiger partial charge in [-0.2, -0.15) is 4.98 Å². The van der Waals surface area contributed by atoms with Gasteiger partial charge in [0.15, 0.2) is 5.82 Å². The lowest BCUT2D eigenvalue weighted by atomic mass is 10.1. The first kappa shape index (κ1) is 13.6. The van der Waals surface area contributed by atoms with E-state index in [0.717, 1.165) is 29.9 Å². The lowest BCUT2D eigenvalue weighted by Gasteiger charge is -2.20. The van der Waals surface area contributed by atoms with Crippen molar-refractivity contribution in [3.05, 3.63) is 35.5 Å². The Bertz CT molecular complexity index is 665. The Labute approximate surface area is 123 Å². The number of carbonyl (C=O) groups excluding carboxylic acids is 1. The molecule has 1 aromatic heterocycles. The number of aromatic nitrogens is 2. The lowest BCUT2D eigenvalue weighted by molar-refractivity contribution is -0.117. The molecule has 1 amide bonds. The molecule has 2 aromatic rings. The molecule has 1 aromatic carbocycles. The molecule has 6 heteroatoms. The molecule has 0 spiro atoms. The maximum atomic E-state index is 11.9. The van der Waals surface area contributed by atoms with E-state index in [1.165, 1.54) is 0 Å². The fourth-order valence-corrected chi connectivity index (χ4v) is 2.59. The van der Waals surface area contributed by atoms with Gasteiger partial charge in [0, 0.05) is 24.3 Å². The molecule has 6 nitrogen and oxygen atoms in total. The van der Waals surface area contributed by atoms with Gasteiger partial charge in [0.25, 0.3) is 0 Å². The maximum absolute atomic E-state index is 11.9. The van der Waals surface area contributed by atoms with Crippen molar-refractivity contribution in [2.75, 3.05) is 16.8 Å². The van der Waals surface area contributed by atoms with Crippen LogP contribution in [0.25, 0.3) is 0 Å². The van der Waals surface area contributed by atoms with Gasteiger partial charge in [-0.15, -0.1) is 0 Å². The summed E-state index contributed by atoms with van der Waals surface area (Å²) in [5.74, 6) is 1.37. The minimum Gasteiger partial charge on any atom is -0.376 e. The summed E-state index contributed by atoms with van der Waals surface area (Å²) in [5, 5.41) is 7.05. The first-order valence-electron chi connectivity index (χ1n) is 7.08. The van der Waals surface area contributed by atoms with Crippen LogP contribution in [0.1, 0.15) is 30.1 Å². The Morgan fingerprint density at radius 2 is 2.24 bits per heavy atom. The first-order valence-corrected chi connectivity index (χ1v) is 7.08. The smallest absolute Gasteiger partial charge is 0.245 e. The van der Waals surface area contributed by atoms with Crippen LogP contribution in [0.5, 0.6) is 0 Å². The van der Waals surface area contributed by atoms with E-state index in [4.69, 9.17) is 4.52 Å². The summed E-state index contributed by atoms with van der Waals surface area (Å²) in [6.07, 6.45) is 1.57. The van der Waals surface area contributed by atoms with Gasteiger partial charge in [-0.1, -0.05) is 11.2 Å². The average Bonchev–Trinajstić information content (AvgIpc) is 3.07. The van der Waals surface area contributed by atoms with Gasteiger partial charge in [-0.05, 0) is 38.0 Å². The number of amides is 1. The van der Waals surface area contributed by atoms with Crippen LogP contribution in [-0.4, -0.2) is 22.6 Å². The number of aryl methyl sites for hydroxylation is 1. The van der Waals surface area contributed by atoms with Gasteiger partial charge in [-0.3, -0.25) is 4.79 Å². The molecular weight excluding hydrogens is 268 g/mol. The van der Waals surface area contributed by atoms with Crippen molar-refractivity contribution >= 4 is 17.3 Å². The Morgan fingerprint density at radius 1 is 1.38 bits per heavy atom. The summed E-state index contributed by atoms with van der Waals surface area (Å²) in [4.78, 5) is 17.9. The van der Waals surface area contributed by atoms with Crippen LogP contribution in [0.3, 0.4) is 0 Å². The van der Waals surface area contributed by atoms with E-state index in [0.29, 0.717) is 24.7 Å². The molecule has 110 valence electrons. The van der Waals surface area contributed by atoms with Crippen LogP contribution in [0.4, 0.5) is 11.4 Å². The fraction of sp³-hybridized carbons (Fsp3) is 0.400. The van der Waals surface area contributed by atoms with Crippen molar-refractivity contribution in [2.45, 2.75) is 33.2 Å². The molecule has 21 heavy (non-hydrogen) atoms. The first-order chi connectivity index (χ1) is 10.1. The predicted molar refractivity (Wildman–Crippen MR) is 79.1 cm³/mol. The van der Waals surface area contributed by atoms with Crippen LogP contribution in [0, 0.1) is 13.8 Å². The van der Waals surface area contributed by atoms with Crippen molar-refractivity contribution < 1.29 is 9.32 Å². The SMILES string of the molecule is Cc1noc(CNc2cccc(N3CCCC3=O)c2C)n1. The van der Waals surface area contributed by atoms with E-state index in [-0.39, 0.29) is 5.91 Å². The number of hydrogen-bond donors (Lipinski definition) is 1. The summed E-state index contributed by atoms with van der Waals surface area (Å²) >= 11 is 0. The molecule has 0 unspecified atom stereocenters. The molecule has 0 radical (unpaired) electrons. The molecule has 1 saturated heterocycles. The number of nitrogens with one attached hydrogen (secondary N) is 1. The molecule has 1 fully saturated rings. The fourth-order valence-electron chi connectivity index (χ4n) is 2.59. The molecule has 1 aliphatic heterocycles. The number of anilines is 2. The molecule has 0 bridgehead atoms. The van der Waals surface area contributed by atoms with Gasteiger partial charge in [0.2, 0.25) is 11.8 Å². The monoisotopic (exact) mass is 286 g/mol. The minimum absolute atomic E-state index is 0.197. The van der Waals surface area contributed by atoms with Crippen LogP contribution in [0.15, 0.2) is 22.7 Å². The summed E-state index contributed by atoms with van der Waals surface area (Å²) in [7, 11) is 0. The summed E-state index contributed by atoms with van der Waals surface area (Å²) < 4.78 is 5.08. The van der Waals surface area contributed by atoms with Crippen LogP contribution in [0.2, 0.25) is 0 Å². The van der Waals surface area contributed by atoms with E-state index in [9.17, 15) is 4.79 Å². The topological polar surface area (TPSA) is 71.3 Å². The predicted octanol–water partition coefficient (Wildman–Crippen LogP) is 2.43. The third kappa shape index (κ3) is 2.74. The third-order valence-electron chi connectivity index (χ3n) is 3.67. The third-order valence-corrected chi connectivity index (χ3v) is 3.67. The molecule has 0 saturated carbocycles. The number of benzene rings is 1. The molecule has 2 heterocycles. The number of hydrogen-bond acceptors (Lipinski definition) is 5. The average molecular weight is 286 g/mol. The maximum Gasteiger partial charge on any atom is 0.245 e. The lowest BCUT2D eigenvalue weighted by Crippen LogP contribution is -2.24. The number of carbonyl (C=O) groups is 1. The second kappa shape index (κ2) is 5.55. The van der Waals surface area contributed by atoms with Crippen molar-refractivity contribution in [1.82, 2.24) is 10.1 Å². The number of nitrogens with zero attached hydrogens (tertiary/aromatic N) is 3. The molecule has 1 aliphatic rings. The summed E-state index contributed by atoms with van der Waals surface area (Å²) in [6, 6.07) is 5.93. The largest absolute Gasteiger partial charge is 0.376 e. The van der Waals surface area contributed by atoms with Crippen molar-refractivity contribution in [3.8, 4) is 0 Å². The highest BCUT2D eigenvalue weighted by molar-refractivity contribution is 5.96. The van der Waals surface area contributed by atoms with Crippen LogP contribution < -0.4 is 10.2 Å². The summed E-state index contributed by atoms with van der Waals surface area (Å²) in [5.41, 5.74) is 3.01. The Morgan fingerprint density at radius 3 is 2.90 bits per heavy atom. The van der Waals surface area contributed by atoms with E-state index >= 15 is 0 Å². The Hall–Kier alpha value is -2.37. The van der Waals surface area contributed by atoms with E-state index < -0.39 is 0 Å². The van der Waals surface area contributed by atoms with E-state index in [1.807, 2.05) is 30.0 Å². The van der Waals surface area contributed by atoms with Gasteiger partial charge >= 0.3 is 0 Å². The minimum atomic E-state index is 0.197.